The van der Waals surface area contributed by atoms with E-state index in [9.17, 15) is 18.0 Å². The number of benzene rings is 1. The molecule has 0 aliphatic carbocycles. The minimum Gasteiger partial charge on any atom is -0.371 e. The lowest BCUT2D eigenvalue weighted by Crippen LogP contribution is -2.17. The Morgan fingerprint density at radius 2 is 1.88 bits per heavy atom. The molecule has 0 atom stereocenters. The molecule has 138 valence electrons. The van der Waals surface area contributed by atoms with Crippen LogP contribution in [0.1, 0.15) is 16.2 Å². The van der Waals surface area contributed by atoms with E-state index in [4.69, 9.17) is 0 Å². The smallest absolute Gasteiger partial charge is 0.371 e. The van der Waals surface area contributed by atoms with Gasteiger partial charge >= 0.3 is 6.18 Å². The van der Waals surface area contributed by atoms with Crippen LogP contribution in [0.3, 0.4) is 0 Å². The topological polar surface area (TPSA) is 56.9 Å². The zero-order valence-electron chi connectivity index (χ0n) is 13.8. The predicted octanol–water partition coefficient (Wildman–Crippen LogP) is 4.20. The molecule has 0 saturated carbocycles. The third kappa shape index (κ3) is 4.64. The van der Waals surface area contributed by atoms with Crippen LogP contribution in [0.2, 0.25) is 0 Å². The van der Waals surface area contributed by atoms with Crippen molar-refractivity contribution in [2.45, 2.75) is 19.1 Å². The molecule has 8 heteroatoms. The number of para-hydroxylation sites is 1. The predicted molar refractivity (Wildman–Crippen MR) is 98.7 cm³/mol. The van der Waals surface area contributed by atoms with Gasteiger partial charge < -0.3 is 15.6 Å². The number of nitrogens with one attached hydrogen (secondary N) is 3. The molecule has 26 heavy (non-hydrogen) atoms. The summed E-state index contributed by atoms with van der Waals surface area (Å²) in [7, 11) is 0. The molecule has 2 heterocycles. The Morgan fingerprint density at radius 3 is 2.65 bits per heavy atom. The fraction of sp³-hybridized carbons (Fsp3) is 0.278. The van der Waals surface area contributed by atoms with Crippen LogP contribution in [0.15, 0.2) is 47.3 Å². The van der Waals surface area contributed by atoms with Crippen molar-refractivity contribution in [2.24, 2.45) is 0 Å². The standard InChI is InChI=1S/C18H18F3N3OS/c19-18(20,21)16-7-6-12(26-16)11-22-8-3-9-23-17-10-15(25)13-4-1-2-5-14(13)24-17/h1-2,4-7,10,22H,3,8-9,11H2,(H2,23,24,25). The van der Waals surface area contributed by atoms with Crippen molar-refractivity contribution >= 4 is 28.1 Å². The average molecular weight is 381 g/mol. The highest BCUT2D eigenvalue weighted by Crippen LogP contribution is 2.34. The van der Waals surface area contributed by atoms with Gasteiger partial charge in [-0.25, -0.2) is 0 Å². The molecule has 0 amide bonds. The first-order chi connectivity index (χ1) is 12.4. The van der Waals surface area contributed by atoms with Crippen LogP contribution < -0.4 is 16.1 Å². The average Bonchev–Trinajstić information content (AvgIpc) is 3.07. The van der Waals surface area contributed by atoms with Gasteiger partial charge in [0.1, 0.15) is 10.7 Å². The lowest BCUT2D eigenvalue weighted by Gasteiger charge is -2.08. The lowest BCUT2D eigenvalue weighted by molar-refractivity contribution is -0.134. The van der Waals surface area contributed by atoms with E-state index in [0.717, 1.165) is 29.3 Å². The highest BCUT2D eigenvalue weighted by Gasteiger charge is 2.32. The number of thiophene rings is 1. The van der Waals surface area contributed by atoms with Crippen molar-refractivity contribution in [3.8, 4) is 0 Å². The molecule has 0 saturated heterocycles. The summed E-state index contributed by atoms with van der Waals surface area (Å²) in [5.41, 5.74) is 0.733. The van der Waals surface area contributed by atoms with Gasteiger partial charge in [0.15, 0.2) is 5.43 Å². The van der Waals surface area contributed by atoms with E-state index < -0.39 is 11.1 Å². The molecular weight excluding hydrogens is 363 g/mol. The zero-order valence-corrected chi connectivity index (χ0v) is 14.6. The van der Waals surface area contributed by atoms with E-state index >= 15 is 0 Å². The summed E-state index contributed by atoms with van der Waals surface area (Å²) >= 11 is 0.760. The number of halogens is 3. The summed E-state index contributed by atoms with van der Waals surface area (Å²) in [5.74, 6) is 0.654. The van der Waals surface area contributed by atoms with Gasteiger partial charge in [0.2, 0.25) is 0 Å². The molecule has 0 spiro atoms. The van der Waals surface area contributed by atoms with Crippen molar-refractivity contribution in [1.82, 2.24) is 10.3 Å². The number of hydrogen-bond donors (Lipinski definition) is 3. The molecule has 0 aliphatic rings. The van der Waals surface area contributed by atoms with Gasteiger partial charge in [-0.2, -0.15) is 13.2 Å². The zero-order chi connectivity index (χ0) is 18.6. The van der Waals surface area contributed by atoms with Gasteiger partial charge in [0, 0.05) is 29.4 Å². The maximum atomic E-state index is 12.5. The van der Waals surface area contributed by atoms with Crippen molar-refractivity contribution in [2.75, 3.05) is 18.4 Å². The van der Waals surface area contributed by atoms with E-state index in [2.05, 4.69) is 15.6 Å². The Kier molecular flexibility index (Phi) is 5.63. The number of pyridine rings is 1. The molecule has 1 aromatic carbocycles. The number of aromatic nitrogens is 1. The van der Waals surface area contributed by atoms with Crippen LogP contribution in [0.25, 0.3) is 10.9 Å². The van der Waals surface area contributed by atoms with Gasteiger partial charge in [-0.1, -0.05) is 12.1 Å². The molecule has 0 radical (unpaired) electrons. The summed E-state index contributed by atoms with van der Waals surface area (Å²) in [6.45, 7) is 1.71. The largest absolute Gasteiger partial charge is 0.425 e. The third-order valence-corrected chi connectivity index (χ3v) is 4.95. The number of anilines is 1. The molecular formula is C18H18F3N3OS. The first kappa shape index (κ1) is 18.5. The van der Waals surface area contributed by atoms with Crippen LogP contribution >= 0.6 is 11.3 Å². The first-order valence-electron chi connectivity index (χ1n) is 8.16. The van der Waals surface area contributed by atoms with Crippen molar-refractivity contribution in [3.63, 3.8) is 0 Å². The lowest BCUT2D eigenvalue weighted by atomic mass is 10.2. The maximum Gasteiger partial charge on any atom is 0.425 e. The second-order valence-electron chi connectivity index (χ2n) is 5.81. The summed E-state index contributed by atoms with van der Waals surface area (Å²) in [6.07, 6.45) is -3.50. The number of rotatable bonds is 7. The van der Waals surface area contributed by atoms with Crippen LogP contribution in [-0.4, -0.2) is 18.1 Å². The number of fused-ring (bicyclic) bond motifs is 1. The molecule has 0 aliphatic heterocycles. The number of H-pyrrole nitrogens is 1. The highest BCUT2D eigenvalue weighted by atomic mass is 32.1. The molecule has 2 aromatic heterocycles. The van der Waals surface area contributed by atoms with E-state index in [-0.39, 0.29) is 5.43 Å². The van der Waals surface area contributed by atoms with Crippen LogP contribution in [0.4, 0.5) is 19.0 Å². The fourth-order valence-electron chi connectivity index (χ4n) is 2.57. The summed E-state index contributed by atoms with van der Waals surface area (Å²) in [6, 6.07) is 11.4. The van der Waals surface area contributed by atoms with Crippen molar-refractivity contribution in [1.29, 1.82) is 0 Å². The Balaban J connectivity index is 1.42. The molecule has 0 bridgehead atoms. The third-order valence-electron chi connectivity index (χ3n) is 3.82. The first-order valence-corrected chi connectivity index (χ1v) is 8.98. The molecule has 0 fully saturated rings. The van der Waals surface area contributed by atoms with E-state index in [1.165, 1.54) is 12.1 Å². The Bertz CT molecular complexity index is 933. The number of alkyl halides is 3. The maximum absolute atomic E-state index is 12.5. The molecule has 3 rings (SSSR count). The Labute approximate surface area is 152 Å². The molecule has 0 unspecified atom stereocenters. The molecule has 3 aromatic rings. The number of aromatic amines is 1. The summed E-state index contributed by atoms with van der Waals surface area (Å²) < 4.78 is 37.6. The quantitative estimate of drug-likeness (QED) is 0.538. The molecule has 3 N–H and O–H groups in total. The molecule has 4 nitrogen and oxygen atoms in total. The fourth-order valence-corrected chi connectivity index (χ4v) is 3.41. The van der Waals surface area contributed by atoms with Crippen LogP contribution in [0.5, 0.6) is 0 Å². The Hall–Kier alpha value is -2.32. The monoisotopic (exact) mass is 381 g/mol. The van der Waals surface area contributed by atoms with Gasteiger partial charge in [-0.3, -0.25) is 4.79 Å². The minimum atomic E-state index is -4.27. The van der Waals surface area contributed by atoms with Gasteiger partial charge in [0.25, 0.3) is 0 Å². The number of hydrogen-bond acceptors (Lipinski definition) is 4. The second kappa shape index (κ2) is 7.92. The van der Waals surface area contributed by atoms with Crippen LogP contribution in [-0.2, 0) is 12.7 Å². The minimum absolute atomic E-state index is 0.0434. The Morgan fingerprint density at radius 1 is 1.08 bits per heavy atom. The second-order valence-corrected chi connectivity index (χ2v) is 6.98. The van der Waals surface area contributed by atoms with E-state index in [0.29, 0.717) is 35.7 Å². The normalized spacial score (nSPS) is 11.8. The van der Waals surface area contributed by atoms with Crippen molar-refractivity contribution < 1.29 is 13.2 Å². The SMILES string of the molecule is O=c1cc(NCCCNCc2ccc(C(F)(F)F)s2)[nH]c2ccccc12. The summed E-state index contributed by atoms with van der Waals surface area (Å²) in [4.78, 5) is 15.3. The van der Waals surface area contributed by atoms with Crippen LogP contribution in [0, 0.1) is 0 Å². The van der Waals surface area contributed by atoms with E-state index in [1.54, 1.807) is 6.07 Å². The summed E-state index contributed by atoms with van der Waals surface area (Å²) in [5, 5.41) is 6.93. The van der Waals surface area contributed by atoms with Gasteiger partial charge in [0.05, 0.1) is 5.52 Å². The highest BCUT2D eigenvalue weighted by molar-refractivity contribution is 7.12. The van der Waals surface area contributed by atoms with Gasteiger partial charge in [-0.15, -0.1) is 11.3 Å². The van der Waals surface area contributed by atoms with E-state index in [1.807, 2.05) is 18.2 Å². The van der Waals surface area contributed by atoms with Gasteiger partial charge in [-0.05, 0) is 37.2 Å². The van der Waals surface area contributed by atoms with Crippen molar-refractivity contribution in [3.05, 3.63) is 62.4 Å².